The number of hydrogen-bond acceptors (Lipinski definition) is 4. The maximum absolute atomic E-state index is 8.98. The van der Waals surface area contributed by atoms with Crippen LogP contribution in [0.1, 0.15) is 25.7 Å². The van der Waals surface area contributed by atoms with Crippen LogP contribution in [0.4, 0.5) is 0 Å². The molecule has 0 amide bonds. The van der Waals surface area contributed by atoms with E-state index in [4.69, 9.17) is 15.1 Å². The van der Waals surface area contributed by atoms with Crippen molar-refractivity contribution in [1.82, 2.24) is 0 Å². The number of rotatable bonds is 1. The first kappa shape index (κ1) is 7.94. The van der Waals surface area contributed by atoms with E-state index in [2.05, 4.69) is 4.89 Å². The molecule has 1 fully saturated rings. The summed E-state index contributed by atoms with van der Waals surface area (Å²) >= 11 is 0. The van der Waals surface area contributed by atoms with E-state index in [-0.39, 0.29) is 0 Å². The highest BCUT2D eigenvalue weighted by atomic mass is 17.1. The molecule has 0 radical (unpaired) electrons. The third-order valence-electron chi connectivity index (χ3n) is 1.57. The van der Waals surface area contributed by atoms with Crippen LogP contribution < -0.4 is 0 Å². The molecule has 1 rings (SSSR count). The molecule has 0 aliphatic carbocycles. The number of hydrogen-bond donors (Lipinski definition) is 2. The van der Waals surface area contributed by atoms with Crippen molar-refractivity contribution >= 4 is 0 Å². The van der Waals surface area contributed by atoms with Crippen molar-refractivity contribution in [3.05, 3.63) is 0 Å². The Morgan fingerprint density at radius 2 is 2.00 bits per heavy atom. The number of aliphatic hydroxyl groups is 1. The smallest absolute Gasteiger partial charge is 0.193 e. The molecule has 2 unspecified atom stereocenters. The summed E-state index contributed by atoms with van der Waals surface area (Å²) in [6.45, 7) is 0. The first-order chi connectivity index (χ1) is 4.83. The molecule has 2 atom stereocenters. The zero-order valence-electron chi connectivity index (χ0n) is 5.69. The molecule has 1 aliphatic heterocycles. The molecule has 0 bridgehead atoms. The van der Waals surface area contributed by atoms with Gasteiger partial charge >= 0.3 is 0 Å². The Bertz CT molecular complexity index is 95.7. The molecule has 0 aromatic rings. The predicted molar refractivity (Wildman–Crippen MR) is 33.1 cm³/mol. The molecular weight excluding hydrogens is 136 g/mol. The number of ether oxygens (including phenoxy) is 1. The average molecular weight is 148 g/mol. The standard InChI is InChI=1S/C6H12O4/c7-5-3-1-2-4-6(9-5)10-8/h5-8H,1-4H2. The van der Waals surface area contributed by atoms with E-state index >= 15 is 0 Å². The minimum Gasteiger partial charge on any atom is -0.368 e. The highest BCUT2D eigenvalue weighted by Crippen LogP contribution is 2.16. The number of aliphatic hydroxyl groups excluding tert-OH is 1. The lowest BCUT2D eigenvalue weighted by Gasteiger charge is -2.13. The third-order valence-corrected chi connectivity index (χ3v) is 1.57. The molecule has 2 N–H and O–H groups in total. The van der Waals surface area contributed by atoms with Gasteiger partial charge in [-0.05, 0) is 19.3 Å². The van der Waals surface area contributed by atoms with Crippen LogP contribution in [0, 0.1) is 0 Å². The summed E-state index contributed by atoms with van der Waals surface area (Å²) in [6.07, 6.45) is 1.69. The lowest BCUT2D eigenvalue weighted by Crippen LogP contribution is -2.20. The Hall–Kier alpha value is -0.160. The van der Waals surface area contributed by atoms with Gasteiger partial charge in [0.05, 0.1) is 0 Å². The van der Waals surface area contributed by atoms with Crippen LogP contribution in [0.5, 0.6) is 0 Å². The van der Waals surface area contributed by atoms with E-state index in [1.807, 2.05) is 0 Å². The van der Waals surface area contributed by atoms with Gasteiger partial charge in [0.2, 0.25) is 0 Å². The molecule has 0 aromatic heterocycles. The SMILES string of the molecule is OOC1CCCCC(O)O1. The molecule has 4 nitrogen and oxygen atoms in total. The van der Waals surface area contributed by atoms with Crippen LogP contribution in [0.25, 0.3) is 0 Å². The lowest BCUT2D eigenvalue weighted by atomic mass is 10.2. The van der Waals surface area contributed by atoms with Gasteiger partial charge in [0, 0.05) is 6.42 Å². The summed E-state index contributed by atoms with van der Waals surface area (Å²) in [5.41, 5.74) is 0. The maximum atomic E-state index is 8.98. The zero-order valence-corrected chi connectivity index (χ0v) is 5.69. The molecule has 10 heavy (non-hydrogen) atoms. The highest BCUT2D eigenvalue weighted by molar-refractivity contribution is 4.54. The summed E-state index contributed by atoms with van der Waals surface area (Å²) in [5, 5.41) is 17.2. The molecule has 1 aliphatic rings. The zero-order chi connectivity index (χ0) is 7.40. The highest BCUT2D eigenvalue weighted by Gasteiger charge is 2.18. The van der Waals surface area contributed by atoms with E-state index in [0.29, 0.717) is 12.8 Å². The van der Waals surface area contributed by atoms with Crippen LogP contribution in [-0.2, 0) is 9.62 Å². The van der Waals surface area contributed by atoms with Crippen molar-refractivity contribution in [2.24, 2.45) is 0 Å². The van der Waals surface area contributed by atoms with Gasteiger partial charge < -0.3 is 9.84 Å². The van der Waals surface area contributed by atoms with Crippen molar-refractivity contribution in [2.45, 2.75) is 38.3 Å². The van der Waals surface area contributed by atoms with Gasteiger partial charge in [0.15, 0.2) is 12.6 Å². The monoisotopic (exact) mass is 148 g/mol. The van der Waals surface area contributed by atoms with E-state index in [0.717, 1.165) is 12.8 Å². The predicted octanol–water partition coefficient (Wildman–Crippen LogP) is 0.711. The Labute approximate surface area is 59.3 Å². The molecule has 60 valence electrons. The fourth-order valence-corrected chi connectivity index (χ4v) is 1.02. The quantitative estimate of drug-likeness (QED) is 0.424. The van der Waals surface area contributed by atoms with Gasteiger partial charge in [-0.2, -0.15) is 0 Å². The van der Waals surface area contributed by atoms with Crippen LogP contribution in [-0.4, -0.2) is 22.9 Å². The van der Waals surface area contributed by atoms with E-state index in [9.17, 15) is 0 Å². The van der Waals surface area contributed by atoms with Crippen molar-refractivity contribution in [1.29, 1.82) is 0 Å². The van der Waals surface area contributed by atoms with Crippen LogP contribution in [0.2, 0.25) is 0 Å². The van der Waals surface area contributed by atoms with Crippen molar-refractivity contribution in [3.8, 4) is 0 Å². The first-order valence-corrected chi connectivity index (χ1v) is 3.46. The van der Waals surface area contributed by atoms with Crippen molar-refractivity contribution in [3.63, 3.8) is 0 Å². The first-order valence-electron chi connectivity index (χ1n) is 3.46. The average Bonchev–Trinajstić information content (AvgIpc) is 2.13. The summed E-state index contributed by atoms with van der Waals surface area (Å²) in [6, 6.07) is 0. The van der Waals surface area contributed by atoms with E-state index in [1.165, 1.54) is 0 Å². The lowest BCUT2D eigenvalue weighted by molar-refractivity contribution is -0.368. The van der Waals surface area contributed by atoms with E-state index < -0.39 is 12.6 Å². The van der Waals surface area contributed by atoms with Crippen molar-refractivity contribution < 1.29 is 20.0 Å². The Morgan fingerprint density at radius 1 is 1.30 bits per heavy atom. The molecule has 1 saturated heterocycles. The summed E-state index contributed by atoms with van der Waals surface area (Å²) in [4.78, 5) is 3.96. The molecule has 4 heteroatoms. The van der Waals surface area contributed by atoms with E-state index in [1.54, 1.807) is 0 Å². The second kappa shape index (κ2) is 3.88. The molecule has 0 aromatic carbocycles. The Morgan fingerprint density at radius 3 is 2.70 bits per heavy atom. The van der Waals surface area contributed by atoms with Crippen molar-refractivity contribution in [2.75, 3.05) is 0 Å². The molecule has 0 saturated carbocycles. The largest absolute Gasteiger partial charge is 0.368 e. The van der Waals surface area contributed by atoms with Crippen LogP contribution >= 0.6 is 0 Å². The van der Waals surface area contributed by atoms with Crippen LogP contribution in [0.15, 0.2) is 0 Å². The van der Waals surface area contributed by atoms with Gasteiger partial charge in [0.25, 0.3) is 0 Å². The third kappa shape index (κ3) is 2.22. The molecular formula is C6H12O4. The van der Waals surface area contributed by atoms with Gasteiger partial charge in [-0.15, -0.1) is 0 Å². The summed E-state index contributed by atoms with van der Waals surface area (Å²) in [7, 11) is 0. The normalized spacial score (nSPS) is 35.4. The summed E-state index contributed by atoms with van der Waals surface area (Å²) in [5.74, 6) is 0. The minimum absolute atomic E-state index is 0.625. The Balaban J connectivity index is 2.30. The van der Waals surface area contributed by atoms with Gasteiger partial charge in [0.1, 0.15) is 0 Å². The van der Waals surface area contributed by atoms with Gasteiger partial charge in [-0.3, -0.25) is 0 Å². The second-order valence-electron chi connectivity index (χ2n) is 2.41. The summed E-state index contributed by atoms with van der Waals surface area (Å²) < 4.78 is 4.84. The maximum Gasteiger partial charge on any atom is 0.193 e. The van der Waals surface area contributed by atoms with Gasteiger partial charge in [-0.25, -0.2) is 10.1 Å². The topological polar surface area (TPSA) is 58.9 Å². The molecule has 0 spiro atoms. The minimum atomic E-state index is -0.778. The second-order valence-corrected chi connectivity index (χ2v) is 2.41. The Kier molecular flexibility index (Phi) is 3.08. The molecule has 1 heterocycles. The van der Waals surface area contributed by atoms with Gasteiger partial charge in [-0.1, -0.05) is 0 Å². The van der Waals surface area contributed by atoms with Crippen LogP contribution in [0.3, 0.4) is 0 Å². The fraction of sp³-hybridized carbons (Fsp3) is 1.00. The fourth-order valence-electron chi connectivity index (χ4n) is 1.02.